The second-order valence-electron chi connectivity index (χ2n) is 6.27. The molecular weight excluding hydrogens is 322 g/mol. The van der Waals surface area contributed by atoms with Crippen LogP contribution in [0.15, 0.2) is 35.5 Å². The molecule has 2 aromatic rings. The molecule has 0 bridgehead atoms. The molecule has 1 aliphatic carbocycles. The van der Waals surface area contributed by atoms with Crippen LogP contribution in [0.2, 0.25) is 0 Å². The van der Waals surface area contributed by atoms with Gasteiger partial charge < -0.3 is 11.2 Å². The first-order chi connectivity index (χ1) is 11.6. The highest BCUT2D eigenvalue weighted by Gasteiger charge is 2.23. The van der Waals surface area contributed by atoms with Gasteiger partial charge in [-0.15, -0.1) is 10.2 Å². The fraction of sp³-hybridized carbons (Fsp3) is 0.471. The Morgan fingerprint density at radius 1 is 1.29 bits per heavy atom. The van der Waals surface area contributed by atoms with Gasteiger partial charge in [0.15, 0.2) is 5.82 Å². The molecule has 1 fully saturated rings. The first-order valence-electron chi connectivity index (χ1n) is 8.33. The summed E-state index contributed by atoms with van der Waals surface area (Å²) in [6.45, 7) is 2.21. The van der Waals surface area contributed by atoms with Crippen molar-refractivity contribution >= 4 is 17.7 Å². The predicted octanol–water partition coefficient (Wildman–Crippen LogP) is 2.45. The van der Waals surface area contributed by atoms with Gasteiger partial charge in [-0.25, -0.2) is 4.68 Å². The van der Waals surface area contributed by atoms with Crippen molar-refractivity contribution in [3.05, 3.63) is 30.3 Å². The minimum absolute atomic E-state index is 0.0306. The highest BCUT2D eigenvalue weighted by Crippen LogP contribution is 2.24. The molecule has 1 saturated carbocycles. The largest absolute Gasteiger partial charge is 0.352 e. The SMILES string of the molecule is C[C@H]1CCCC[C@H]1NC(=O)CSc1nnc(-c2ccccc2)n1N. The molecule has 1 aromatic heterocycles. The lowest BCUT2D eigenvalue weighted by atomic mass is 9.86. The van der Waals surface area contributed by atoms with Gasteiger partial charge in [-0.1, -0.05) is 61.9 Å². The maximum atomic E-state index is 12.2. The molecule has 128 valence electrons. The molecule has 24 heavy (non-hydrogen) atoms. The molecule has 6 nitrogen and oxygen atoms in total. The zero-order valence-corrected chi connectivity index (χ0v) is 14.6. The number of hydrogen-bond acceptors (Lipinski definition) is 5. The summed E-state index contributed by atoms with van der Waals surface area (Å²) in [5.41, 5.74) is 0.903. The number of hydrogen-bond donors (Lipinski definition) is 2. The van der Waals surface area contributed by atoms with Crippen LogP contribution < -0.4 is 11.2 Å². The van der Waals surface area contributed by atoms with E-state index < -0.39 is 0 Å². The number of carbonyl (C=O) groups is 1. The predicted molar refractivity (Wildman–Crippen MR) is 95.9 cm³/mol. The highest BCUT2D eigenvalue weighted by atomic mass is 32.2. The Hall–Kier alpha value is -2.02. The summed E-state index contributed by atoms with van der Waals surface area (Å²) in [6, 6.07) is 9.94. The van der Waals surface area contributed by atoms with Crippen molar-refractivity contribution in [2.24, 2.45) is 5.92 Å². The van der Waals surface area contributed by atoms with Crippen LogP contribution in [0.3, 0.4) is 0 Å². The van der Waals surface area contributed by atoms with Crippen LogP contribution in [0, 0.1) is 5.92 Å². The van der Waals surface area contributed by atoms with Gasteiger partial charge in [0.25, 0.3) is 0 Å². The molecule has 2 atom stereocenters. The van der Waals surface area contributed by atoms with Crippen molar-refractivity contribution in [2.75, 3.05) is 11.6 Å². The molecule has 0 aliphatic heterocycles. The Kier molecular flexibility index (Phi) is 5.40. The third kappa shape index (κ3) is 3.90. The average molecular weight is 345 g/mol. The molecule has 3 N–H and O–H groups in total. The van der Waals surface area contributed by atoms with E-state index in [1.165, 1.54) is 35.7 Å². The van der Waals surface area contributed by atoms with Gasteiger partial charge in [-0.2, -0.15) is 0 Å². The van der Waals surface area contributed by atoms with Crippen molar-refractivity contribution < 1.29 is 4.79 Å². The van der Waals surface area contributed by atoms with E-state index in [4.69, 9.17) is 5.84 Å². The fourth-order valence-corrected chi connectivity index (χ4v) is 3.74. The minimum atomic E-state index is 0.0306. The molecule has 1 aliphatic rings. The topological polar surface area (TPSA) is 85.8 Å². The molecule has 1 heterocycles. The molecule has 1 amide bonds. The van der Waals surface area contributed by atoms with Crippen molar-refractivity contribution in [1.82, 2.24) is 20.2 Å². The van der Waals surface area contributed by atoms with Crippen LogP contribution in [-0.4, -0.2) is 32.6 Å². The van der Waals surface area contributed by atoms with Crippen molar-refractivity contribution in [2.45, 2.75) is 43.8 Å². The Balaban J connectivity index is 1.57. The number of rotatable bonds is 5. The van der Waals surface area contributed by atoms with Gasteiger partial charge in [-0.3, -0.25) is 4.79 Å². The van der Waals surface area contributed by atoms with Crippen LogP contribution >= 0.6 is 11.8 Å². The lowest BCUT2D eigenvalue weighted by molar-refractivity contribution is -0.119. The standard InChI is InChI=1S/C17H23N5OS/c1-12-7-5-6-10-14(12)19-15(23)11-24-17-21-20-16(22(17)18)13-8-3-2-4-9-13/h2-4,8-9,12,14H,5-7,10-11,18H2,1H3,(H,19,23)/t12-,14+/m0/s1. The van der Waals surface area contributed by atoms with Gasteiger partial charge in [0, 0.05) is 11.6 Å². The monoisotopic (exact) mass is 345 g/mol. The van der Waals surface area contributed by atoms with Crippen LogP contribution in [-0.2, 0) is 4.79 Å². The summed E-state index contributed by atoms with van der Waals surface area (Å²) >= 11 is 1.31. The van der Waals surface area contributed by atoms with Gasteiger partial charge in [-0.05, 0) is 18.8 Å². The third-order valence-electron chi connectivity index (χ3n) is 4.49. The molecule has 1 aromatic carbocycles. The van der Waals surface area contributed by atoms with Crippen LogP contribution in [0.1, 0.15) is 32.6 Å². The number of thioether (sulfide) groups is 1. The molecule has 0 unspecified atom stereocenters. The van der Waals surface area contributed by atoms with E-state index in [9.17, 15) is 4.79 Å². The first-order valence-corrected chi connectivity index (χ1v) is 9.32. The fourth-order valence-electron chi connectivity index (χ4n) is 3.07. The number of benzene rings is 1. The second-order valence-corrected chi connectivity index (χ2v) is 7.21. The molecule has 7 heteroatoms. The van der Waals surface area contributed by atoms with E-state index in [-0.39, 0.29) is 5.91 Å². The Labute approximate surface area is 146 Å². The van der Waals surface area contributed by atoms with E-state index >= 15 is 0 Å². The van der Waals surface area contributed by atoms with Crippen molar-refractivity contribution in [3.63, 3.8) is 0 Å². The van der Waals surface area contributed by atoms with Crippen molar-refractivity contribution in [3.8, 4) is 11.4 Å². The van der Waals surface area contributed by atoms with Crippen LogP contribution in [0.4, 0.5) is 0 Å². The Morgan fingerprint density at radius 3 is 2.79 bits per heavy atom. The molecule has 0 saturated heterocycles. The Bertz CT molecular complexity index is 688. The first kappa shape index (κ1) is 16.8. The van der Waals surface area contributed by atoms with E-state index in [0.717, 1.165) is 12.0 Å². The zero-order chi connectivity index (χ0) is 16.9. The summed E-state index contributed by atoms with van der Waals surface area (Å²) < 4.78 is 1.44. The van der Waals surface area contributed by atoms with E-state index in [1.54, 1.807) is 0 Å². The van der Waals surface area contributed by atoms with E-state index in [2.05, 4.69) is 22.4 Å². The maximum absolute atomic E-state index is 12.2. The maximum Gasteiger partial charge on any atom is 0.230 e. The Morgan fingerprint density at radius 2 is 2.04 bits per heavy atom. The summed E-state index contributed by atoms with van der Waals surface area (Å²) in [4.78, 5) is 12.2. The number of nitrogens with two attached hydrogens (primary N) is 1. The van der Waals surface area contributed by atoms with Gasteiger partial charge >= 0.3 is 0 Å². The lowest BCUT2D eigenvalue weighted by Gasteiger charge is -2.29. The normalized spacial score (nSPS) is 20.7. The zero-order valence-electron chi connectivity index (χ0n) is 13.8. The average Bonchev–Trinajstić information content (AvgIpc) is 2.97. The van der Waals surface area contributed by atoms with Crippen molar-refractivity contribution in [1.29, 1.82) is 0 Å². The van der Waals surface area contributed by atoms with Gasteiger partial charge in [0.05, 0.1) is 5.75 Å². The van der Waals surface area contributed by atoms with E-state index in [0.29, 0.717) is 28.7 Å². The molecule has 0 radical (unpaired) electrons. The van der Waals surface area contributed by atoms with Gasteiger partial charge in [0.2, 0.25) is 11.1 Å². The summed E-state index contributed by atoms with van der Waals surface area (Å²) in [6.07, 6.45) is 4.72. The number of nitrogen functional groups attached to an aromatic ring is 1. The molecule has 0 spiro atoms. The second kappa shape index (κ2) is 7.70. The highest BCUT2D eigenvalue weighted by molar-refractivity contribution is 7.99. The summed E-state index contributed by atoms with van der Waals surface area (Å²) in [5, 5.41) is 11.9. The molecular formula is C17H23N5OS. The lowest BCUT2D eigenvalue weighted by Crippen LogP contribution is -2.41. The summed E-state index contributed by atoms with van der Waals surface area (Å²) in [5.74, 6) is 7.54. The number of nitrogens with one attached hydrogen (secondary N) is 1. The van der Waals surface area contributed by atoms with Gasteiger partial charge in [0.1, 0.15) is 0 Å². The minimum Gasteiger partial charge on any atom is -0.352 e. The number of amides is 1. The summed E-state index contributed by atoms with van der Waals surface area (Å²) in [7, 11) is 0. The number of carbonyl (C=O) groups excluding carboxylic acids is 1. The van der Waals surface area contributed by atoms with E-state index in [1.807, 2.05) is 30.3 Å². The quantitative estimate of drug-likeness (QED) is 0.642. The number of aromatic nitrogens is 3. The third-order valence-corrected chi connectivity index (χ3v) is 5.43. The molecule has 3 rings (SSSR count). The smallest absolute Gasteiger partial charge is 0.230 e. The van der Waals surface area contributed by atoms with Crippen LogP contribution in [0.5, 0.6) is 0 Å². The van der Waals surface area contributed by atoms with Crippen LogP contribution in [0.25, 0.3) is 11.4 Å². The number of nitrogens with zero attached hydrogens (tertiary/aromatic N) is 3.